The number of carbonyl (C=O) groups excluding carboxylic acids is 1. The van der Waals surface area contributed by atoms with E-state index in [1.165, 1.54) is 0 Å². The Morgan fingerprint density at radius 1 is 0.976 bits per heavy atom. The lowest BCUT2D eigenvalue weighted by atomic mass is 9.31. The number of fused-ring (bicyclic) bond motifs is 10. The van der Waals surface area contributed by atoms with Crippen LogP contribution < -0.4 is 0 Å². The van der Waals surface area contributed by atoms with Crippen LogP contribution in [0.25, 0.3) is 0 Å². The van der Waals surface area contributed by atoms with Crippen molar-refractivity contribution in [3.63, 3.8) is 0 Å². The Labute approximate surface area is 251 Å². The zero-order chi connectivity index (χ0) is 30.1. The molecule has 232 valence electrons. The van der Waals surface area contributed by atoms with Crippen LogP contribution in [0.5, 0.6) is 0 Å². The molecule has 9 rings (SSSR count). The first kappa shape index (κ1) is 29.5. The van der Waals surface area contributed by atoms with E-state index in [-0.39, 0.29) is 41.5 Å². The predicted molar refractivity (Wildman–Crippen MR) is 159 cm³/mol. The van der Waals surface area contributed by atoms with E-state index in [9.17, 15) is 30.3 Å². The van der Waals surface area contributed by atoms with Crippen molar-refractivity contribution >= 4 is 5.78 Å². The highest BCUT2D eigenvalue weighted by Crippen LogP contribution is 2.78. The standard InChI is InChI=1S/C36H52O6/c1-31-11-6-5-9-26(39)35(15-14-31)23(18-31)22-17-24(38)30-32(2,33(22,3)19-28(35)41)13-10-25-34(30,4)21-8-7-12-36(25,27(40)16-21)29(42)20-37/h17,21,23,25-30,37,39-42H,6-8,10-16,18-20H2,1-4H3/t21-,23-,25+,26+,27+,28+,29-,30+,31+,32-,33-,34+,35+,36+/m1/s1. The highest BCUT2D eigenvalue weighted by atomic mass is 16.3. The zero-order valence-electron chi connectivity index (χ0n) is 26.0. The fraction of sp³-hybridized carbons (Fsp3) is 0.861. The minimum Gasteiger partial charge on any atom is -0.394 e. The fourth-order valence-electron chi connectivity index (χ4n) is 13.4. The average Bonchev–Trinajstić information content (AvgIpc) is 3.13. The lowest BCUT2D eigenvalue weighted by molar-refractivity contribution is -0.254. The molecule has 4 bridgehead atoms. The van der Waals surface area contributed by atoms with Crippen LogP contribution in [0.3, 0.4) is 0 Å². The molecule has 6 heteroatoms. The SMILES string of the molecule is C[C@]12CCC#C[C@H](O)[C@]3(CC1)[C@H](C2)C1=CC(=O)[C@@H]2[C@@]4(C)[C@@H]5CCC[C@@]([C@H](O)CO)([C@@H](O)C5)[C@H]4CC[C@@]2(C)[C@]1(C)C[C@@H]3O. The van der Waals surface area contributed by atoms with Crippen LogP contribution in [0.1, 0.15) is 105 Å². The van der Waals surface area contributed by atoms with Crippen molar-refractivity contribution in [1.82, 2.24) is 0 Å². The molecule has 9 aliphatic carbocycles. The van der Waals surface area contributed by atoms with Crippen molar-refractivity contribution < 1.29 is 30.3 Å². The number of hydrogen-bond donors (Lipinski definition) is 5. The Kier molecular flexibility index (Phi) is 6.43. The molecule has 0 heterocycles. The first-order valence-electron chi connectivity index (χ1n) is 16.8. The molecule has 0 aromatic rings. The van der Waals surface area contributed by atoms with Crippen LogP contribution >= 0.6 is 0 Å². The molecule has 0 aromatic carbocycles. The van der Waals surface area contributed by atoms with Crippen LogP contribution in [-0.4, -0.2) is 62.3 Å². The van der Waals surface area contributed by atoms with Crippen LogP contribution in [0.15, 0.2) is 11.6 Å². The molecule has 0 amide bonds. The van der Waals surface area contributed by atoms with Gasteiger partial charge in [0.05, 0.1) is 24.9 Å². The Morgan fingerprint density at radius 3 is 2.48 bits per heavy atom. The monoisotopic (exact) mass is 580 g/mol. The normalized spacial score (nSPS) is 57.0. The van der Waals surface area contributed by atoms with Crippen molar-refractivity contribution in [3.8, 4) is 11.8 Å². The van der Waals surface area contributed by atoms with Gasteiger partial charge in [0.2, 0.25) is 0 Å². The maximum atomic E-state index is 14.8. The van der Waals surface area contributed by atoms with Crippen molar-refractivity contribution in [1.29, 1.82) is 0 Å². The van der Waals surface area contributed by atoms with Gasteiger partial charge in [0.25, 0.3) is 0 Å². The summed E-state index contributed by atoms with van der Waals surface area (Å²) in [5.41, 5.74) is -1.66. The van der Waals surface area contributed by atoms with Gasteiger partial charge in [0.15, 0.2) is 5.78 Å². The van der Waals surface area contributed by atoms with Gasteiger partial charge >= 0.3 is 0 Å². The molecule has 0 aliphatic heterocycles. The molecule has 42 heavy (non-hydrogen) atoms. The number of hydrogen-bond acceptors (Lipinski definition) is 6. The van der Waals surface area contributed by atoms with Gasteiger partial charge in [-0.2, -0.15) is 0 Å². The third-order valence-corrected chi connectivity index (χ3v) is 15.8. The van der Waals surface area contributed by atoms with E-state index >= 15 is 0 Å². The van der Waals surface area contributed by atoms with Gasteiger partial charge in [-0.15, -0.1) is 5.92 Å². The number of allylic oxidation sites excluding steroid dienone is 2. The quantitative estimate of drug-likeness (QED) is 0.313. The molecule has 0 saturated heterocycles. The third kappa shape index (κ3) is 3.28. The van der Waals surface area contributed by atoms with Crippen LogP contribution in [0, 0.1) is 68.0 Å². The Bertz CT molecular complexity index is 1260. The average molecular weight is 581 g/mol. The summed E-state index contributed by atoms with van der Waals surface area (Å²) in [4.78, 5) is 14.8. The summed E-state index contributed by atoms with van der Waals surface area (Å²) >= 11 is 0. The molecule has 0 radical (unpaired) electrons. The van der Waals surface area contributed by atoms with Crippen LogP contribution in [-0.2, 0) is 4.79 Å². The molecule has 1 spiro atoms. The second-order valence-electron chi connectivity index (χ2n) is 16.9. The Morgan fingerprint density at radius 2 is 1.74 bits per heavy atom. The van der Waals surface area contributed by atoms with Crippen molar-refractivity contribution in [2.75, 3.05) is 6.61 Å². The number of ketones is 1. The fourth-order valence-corrected chi connectivity index (χ4v) is 13.4. The minimum absolute atomic E-state index is 0.0551. The van der Waals surface area contributed by atoms with Crippen molar-refractivity contribution in [2.24, 2.45) is 56.2 Å². The zero-order valence-corrected chi connectivity index (χ0v) is 26.0. The maximum Gasteiger partial charge on any atom is 0.159 e. The number of aliphatic hydroxyl groups excluding tert-OH is 5. The molecule has 6 saturated carbocycles. The van der Waals surface area contributed by atoms with E-state index < -0.39 is 51.5 Å². The number of rotatable bonds is 2. The van der Waals surface area contributed by atoms with E-state index in [0.29, 0.717) is 25.7 Å². The van der Waals surface area contributed by atoms with Crippen molar-refractivity contribution in [2.45, 2.75) is 129 Å². The third-order valence-electron chi connectivity index (χ3n) is 15.8. The van der Waals surface area contributed by atoms with Gasteiger partial charge < -0.3 is 25.5 Å². The van der Waals surface area contributed by atoms with Gasteiger partial charge in [-0.25, -0.2) is 0 Å². The lowest BCUT2D eigenvalue weighted by Gasteiger charge is -2.72. The van der Waals surface area contributed by atoms with E-state index in [1.807, 2.05) is 6.08 Å². The summed E-state index contributed by atoms with van der Waals surface area (Å²) in [5.74, 6) is 6.19. The molecule has 6 nitrogen and oxygen atoms in total. The van der Waals surface area contributed by atoms with Gasteiger partial charge in [-0.05, 0) is 110 Å². The molecular weight excluding hydrogens is 528 g/mol. The van der Waals surface area contributed by atoms with Crippen molar-refractivity contribution in [3.05, 3.63) is 11.6 Å². The number of aliphatic hydroxyl groups is 5. The summed E-state index contributed by atoms with van der Waals surface area (Å²) in [5, 5.41) is 56.9. The largest absolute Gasteiger partial charge is 0.394 e. The first-order valence-corrected chi connectivity index (χ1v) is 16.8. The lowest BCUT2D eigenvalue weighted by Crippen LogP contribution is -2.72. The maximum absolute atomic E-state index is 14.8. The first-order chi connectivity index (χ1) is 19.7. The molecule has 0 aromatic heterocycles. The van der Waals surface area contributed by atoms with E-state index in [0.717, 1.165) is 56.9 Å². The highest BCUT2D eigenvalue weighted by molar-refractivity contribution is 5.95. The van der Waals surface area contributed by atoms with Gasteiger partial charge in [0.1, 0.15) is 6.10 Å². The van der Waals surface area contributed by atoms with E-state index in [4.69, 9.17) is 0 Å². The summed E-state index contributed by atoms with van der Waals surface area (Å²) < 4.78 is 0. The molecule has 6 fully saturated rings. The van der Waals surface area contributed by atoms with Crippen LogP contribution in [0.4, 0.5) is 0 Å². The van der Waals surface area contributed by atoms with Crippen LogP contribution in [0.2, 0.25) is 0 Å². The topological polar surface area (TPSA) is 118 Å². The molecule has 5 N–H and O–H groups in total. The molecule has 14 atom stereocenters. The summed E-state index contributed by atoms with van der Waals surface area (Å²) in [7, 11) is 0. The second kappa shape index (κ2) is 9.16. The number of carbonyl (C=O) groups is 1. The smallest absolute Gasteiger partial charge is 0.159 e. The van der Waals surface area contributed by atoms with Gasteiger partial charge in [-0.1, -0.05) is 45.6 Å². The van der Waals surface area contributed by atoms with Gasteiger partial charge in [-0.3, -0.25) is 4.79 Å². The van der Waals surface area contributed by atoms with Gasteiger partial charge in [0, 0.05) is 23.2 Å². The Balaban J connectivity index is 1.40. The summed E-state index contributed by atoms with van der Waals surface area (Å²) in [6, 6.07) is 0. The summed E-state index contributed by atoms with van der Waals surface area (Å²) in [6.45, 7) is 8.80. The van der Waals surface area contributed by atoms with E-state index in [1.54, 1.807) is 0 Å². The minimum atomic E-state index is -1.02. The molecular formula is C36H52O6. The predicted octanol–water partition coefficient (Wildman–Crippen LogP) is 4.16. The second-order valence-corrected chi connectivity index (χ2v) is 16.9. The summed E-state index contributed by atoms with van der Waals surface area (Å²) in [6.07, 6.45) is 7.89. The highest BCUT2D eigenvalue weighted by Gasteiger charge is 2.75. The molecule has 0 unspecified atom stereocenters. The molecule has 9 aliphatic rings. The van der Waals surface area contributed by atoms with E-state index in [2.05, 4.69) is 39.5 Å². The Hall–Kier alpha value is -1.23.